The first-order chi connectivity index (χ1) is 11.9. The zero-order valence-electron chi connectivity index (χ0n) is 14.8. The molecule has 3 aromatic rings. The topological polar surface area (TPSA) is 59.2 Å². The Morgan fingerprint density at radius 2 is 2.00 bits per heavy atom. The molecule has 0 aliphatic rings. The lowest BCUT2D eigenvalue weighted by Crippen LogP contribution is -2.26. The quantitative estimate of drug-likeness (QED) is 0.676. The van der Waals surface area contributed by atoms with Gasteiger partial charge in [0.15, 0.2) is 0 Å². The third-order valence-electron chi connectivity index (χ3n) is 3.97. The van der Waals surface area contributed by atoms with E-state index in [0.29, 0.717) is 18.2 Å². The van der Waals surface area contributed by atoms with Crippen molar-refractivity contribution in [2.24, 2.45) is 0 Å². The molecule has 0 fully saturated rings. The SMILES string of the molecule is Cc1cc(CN(C)C(=O)c2csc(-c3ccc(C(C)C)cc3)n2)no1. The van der Waals surface area contributed by atoms with Gasteiger partial charge in [-0.3, -0.25) is 4.79 Å². The van der Waals surface area contributed by atoms with Gasteiger partial charge < -0.3 is 9.42 Å². The summed E-state index contributed by atoms with van der Waals surface area (Å²) < 4.78 is 5.04. The number of hydrogen-bond acceptors (Lipinski definition) is 5. The number of benzene rings is 1. The average molecular weight is 355 g/mol. The van der Waals surface area contributed by atoms with Gasteiger partial charge >= 0.3 is 0 Å². The summed E-state index contributed by atoms with van der Waals surface area (Å²) in [6.07, 6.45) is 0. The molecule has 130 valence electrons. The number of thiazole rings is 1. The first-order valence-electron chi connectivity index (χ1n) is 8.17. The van der Waals surface area contributed by atoms with Gasteiger partial charge in [0.05, 0.1) is 6.54 Å². The van der Waals surface area contributed by atoms with Crippen LogP contribution in [0, 0.1) is 6.92 Å². The van der Waals surface area contributed by atoms with Gasteiger partial charge in [-0.05, 0) is 18.4 Å². The molecule has 0 spiro atoms. The number of aryl methyl sites for hydroxylation is 1. The van der Waals surface area contributed by atoms with Crippen molar-refractivity contribution in [3.63, 3.8) is 0 Å². The zero-order chi connectivity index (χ0) is 18.0. The highest BCUT2D eigenvalue weighted by Gasteiger charge is 2.17. The van der Waals surface area contributed by atoms with Gasteiger partial charge in [0.2, 0.25) is 0 Å². The van der Waals surface area contributed by atoms with Gasteiger partial charge in [-0.15, -0.1) is 11.3 Å². The number of carbonyl (C=O) groups is 1. The molecule has 0 aliphatic carbocycles. The summed E-state index contributed by atoms with van der Waals surface area (Å²) in [5.74, 6) is 1.11. The maximum Gasteiger partial charge on any atom is 0.273 e. The fraction of sp³-hybridized carbons (Fsp3) is 0.316. The third-order valence-corrected chi connectivity index (χ3v) is 4.86. The molecule has 2 aromatic heterocycles. The Hall–Kier alpha value is -2.47. The largest absolute Gasteiger partial charge is 0.361 e. The molecule has 0 radical (unpaired) electrons. The Kier molecular flexibility index (Phi) is 4.99. The number of hydrogen-bond donors (Lipinski definition) is 0. The highest BCUT2D eigenvalue weighted by molar-refractivity contribution is 7.13. The molecule has 1 aromatic carbocycles. The Morgan fingerprint density at radius 3 is 2.60 bits per heavy atom. The van der Waals surface area contributed by atoms with Crippen molar-refractivity contribution < 1.29 is 9.32 Å². The van der Waals surface area contributed by atoms with Gasteiger partial charge in [-0.25, -0.2) is 4.98 Å². The van der Waals surface area contributed by atoms with Crippen molar-refractivity contribution in [3.05, 3.63) is 58.4 Å². The van der Waals surface area contributed by atoms with Crippen LogP contribution in [0.1, 0.15) is 47.3 Å². The van der Waals surface area contributed by atoms with Crippen LogP contribution in [-0.4, -0.2) is 28.0 Å². The summed E-state index contributed by atoms with van der Waals surface area (Å²) in [4.78, 5) is 18.7. The molecule has 0 unspecified atom stereocenters. The van der Waals surface area contributed by atoms with E-state index in [1.165, 1.54) is 16.9 Å². The maximum absolute atomic E-state index is 12.6. The van der Waals surface area contributed by atoms with Crippen molar-refractivity contribution >= 4 is 17.2 Å². The normalized spacial score (nSPS) is 11.1. The van der Waals surface area contributed by atoms with Crippen LogP contribution in [0.25, 0.3) is 10.6 Å². The first kappa shape index (κ1) is 17.4. The number of carbonyl (C=O) groups excluding carboxylic acids is 1. The predicted octanol–water partition coefficient (Wildman–Crippen LogP) is 4.50. The standard InChI is InChI=1S/C19H21N3O2S/c1-12(2)14-5-7-15(8-6-14)18-20-17(11-25-18)19(23)22(4)10-16-9-13(3)24-21-16/h5-9,11-12H,10H2,1-4H3. The van der Waals surface area contributed by atoms with E-state index in [9.17, 15) is 4.79 Å². The Balaban J connectivity index is 1.72. The van der Waals surface area contributed by atoms with E-state index >= 15 is 0 Å². The molecule has 2 heterocycles. The van der Waals surface area contributed by atoms with Crippen LogP contribution in [0.2, 0.25) is 0 Å². The van der Waals surface area contributed by atoms with Crippen molar-refractivity contribution in [2.45, 2.75) is 33.2 Å². The van der Waals surface area contributed by atoms with E-state index in [4.69, 9.17) is 4.52 Å². The predicted molar refractivity (Wildman–Crippen MR) is 98.7 cm³/mol. The molecule has 5 nitrogen and oxygen atoms in total. The molecule has 1 amide bonds. The summed E-state index contributed by atoms with van der Waals surface area (Å²) in [5.41, 5.74) is 3.51. The van der Waals surface area contributed by atoms with Crippen molar-refractivity contribution in [2.75, 3.05) is 7.05 Å². The third kappa shape index (κ3) is 3.96. The summed E-state index contributed by atoms with van der Waals surface area (Å²) >= 11 is 1.48. The number of nitrogens with zero attached hydrogens (tertiary/aromatic N) is 3. The van der Waals surface area contributed by atoms with E-state index in [0.717, 1.165) is 22.0 Å². The molecular weight excluding hydrogens is 334 g/mol. The molecule has 0 saturated heterocycles. The van der Waals surface area contributed by atoms with E-state index in [-0.39, 0.29) is 5.91 Å². The Labute approximate surface area is 151 Å². The van der Waals surface area contributed by atoms with Crippen LogP contribution in [0.3, 0.4) is 0 Å². The van der Waals surface area contributed by atoms with Crippen LogP contribution >= 0.6 is 11.3 Å². The molecule has 3 rings (SSSR count). The molecule has 6 heteroatoms. The molecule has 0 N–H and O–H groups in total. The van der Waals surface area contributed by atoms with Gasteiger partial charge in [0.25, 0.3) is 5.91 Å². The number of aromatic nitrogens is 2. The van der Waals surface area contributed by atoms with Crippen molar-refractivity contribution in [3.8, 4) is 10.6 Å². The lowest BCUT2D eigenvalue weighted by Gasteiger charge is -2.13. The first-order valence-corrected chi connectivity index (χ1v) is 9.05. The van der Waals surface area contributed by atoms with E-state index in [1.807, 2.05) is 13.0 Å². The number of rotatable bonds is 5. The summed E-state index contributed by atoms with van der Waals surface area (Å²) in [6, 6.07) is 10.2. The Morgan fingerprint density at radius 1 is 1.28 bits per heavy atom. The smallest absolute Gasteiger partial charge is 0.273 e. The lowest BCUT2D eigenvalue weighted by atomic mass is 10.0. The van der Waals surface area contributed by atoms with E-state index < -0.39 is 0 Å². The summed E-state index contributed by atoms with van der Waals surface area (Å²) in [5, 5.41) is 6.58. The second kappa shape index (κ2) is 7.19. The minimum absolute atomic E-state index is 0.123. The van der Waals surface area contributed by atoms with Crippen LogP contribution in [0.4, 0.5) is 0 Å². The zero-order valence-corrected chi connectivity index (χ0v) is 15.6. The molecular formula is C19H21N3O2S. The molecule has 0 saturated carbocycles. The fourth-order valence-electron chi connectivity index (χ4n) is 2.52. The average Bonchev–Trinajstić information content (AvgIpc) is 3.23. The maximum atomic E-state index is 12.6. The monoisotopic (exact) mass is 355 g/mol. The lowest BCUT2D eigenvalue weighted by molar-refractivity contribution is 0.0777. The molecule has 0 aliphatic heterocycles. The van der Waals surface area contributed by atoms with Gasteiger partial charge in [0, 0.05) is 24.1 Å². The minimum Gasteiger partial charge on any atom is -0.361 e. The van der Waals surface area contributed by atoms with Gasteiger partial charge in [-0.2, -0.15) is 0 Å². The second-order valence-electron chi connectivity index (χ2n) is 6.40. The van der Waals surface area contributed by atoms with Crippen LogP contribution < -0.4 is 0 Å². The van der Waals surface area contributed by atoms with Gasteiger partial charge in [0.1, 0.15) is 22.2 Å². The van der Waals surface area contributed by atoms with Crippen LogP contribution in [0.5, 0.6) is 0 Å². The Bertz CT molecular complexity index is 865. The number of amides is 1. The van der Waals surface area contributed by atoms with Crippen LogP contribution in [-0.2, 0) is 6.54 Å². The second-order valence-corrected chi connectivity index (χ2v) is 7.26. The van der Waals surface area contributed by atoms with E-state index in [1.54, 1.807) is 17.3 Å². The molecule has 0 bridgehead atoms. The van der Waals surface area contributed by atoms with Crippen molar-refractivity contribution in [1.82, 2.24) is 15.0 Å². The summed E-state index contributed by atoms with van der Waals surface area (Å²) in [7, 11) is 1.74. The highest BCUT2D eigenvalue weighted by atomic mass is 32.1. The molecule has 0 atom stereocenters. The van der Waals surface area contributed by atoms with Gasteiger partial charge in [-0.1, -0.05) is 43.3 Å². The van der Waals surface area contributed by atoms with Crippen molar-refractivity contribution in [1.29, 1.82) is 0 Å². The highest BCUT2D eigenvalue weighted by Crippen LogP contribution is 2.26. The molecule has 25 heavy (non-hydrogen) atoms. The van der Waals surface area contributed by atoms with Crippen LogP contribution in [0.15, 0.2) is 40.2 Å². The fourth-order valence-corrected chi connectivity index (χ4v) is 3.32. The summed E-state index contributed by atoms with van der Waals surface area (Å²) in [6.45, 7) is 6.56. The van der Waals surface area contributed by atoms with E-state index in [2.05, 4.69) is 48.3 Å². The minimum atomic E-state index is -0.123.